The summed E-state index contributed by atoms with van der Waals surface area (Å²) in [7, 11) is 0. The third kappa shape index (κ3) is 11.4. The monoisotopic (exact) mass is 365 g/mol. The van der Waals surface area contributed by atoms with E-state index in [-0.39, 0.29) is 0 Å². The summed E-state index contributed by atoms with van der Waals surface area (Å²) >= 11 is 1.70. The van der Waals surface area contributed by atoms with Gasteiger partial charge in [-0.2, -0.15) is 0 Å². The fraction of sp³-hybridized carbons (Fsp3) is 0.773. The summed E-state index contributed by atoms with van der Waals surface area (Å²) < 4.78 is 0. The number of carbonyl (C=O) groups is 1. The maximum absolute atomic E-state index is 12.7. The first kappa shape index (κ1) is 22.2. The lowest BCUT2D eigenvalue weighted by molar-refractivity contribution is -0.130. The molecule has 1 heterocycles. The number of rotatable bonds is 16. The Balaban J connectivity index is 2.30. The van der Waals surface area contributed by atoms with Crippen LogP contribution in [0.1, 0.15) is 95.8 Å². The minimum atomic E-state index is 0.324. The van der Waals surface area contributed by atoms with E-state index in [1.807, 2.05) is 6.07 Å². The standard InChI is InChI=1S/C22H39NOS/c1-3-5-7-9-11-13-17-23(18-14-12-10-8-6-4-2)22(24)20-21-16-15-19-25-21/h15-16,19H,3-14,17-18,20H2,1-2H3. The number of carbonyl (C=O) groups excluding carboxylic acids is 1. The average molecular weight is 366 g/mol. The van der Waals surface area contributed by atoms with Crippen LogP contribution in [0.2, 0.25) is 0 Å². The summed E-state index contributed by atoms with van der Waals surface area (Å²) in [6.07, 6.45) is 16.0. The fourth-order valence-corrected chi connectivity index (χ4v) is 3.90. The van der Waals surface area contributed by atoms with E-state index < -0.39 is 0 Å². The van der Waals surface area contributed by atoms with Crippen molar-refractivity contribution in [2.24, 2.45) is 0 Å². The van der Waals surface area contributed by atoms with E-state index in [9.17, 15) is 4.79 Å². The molecule has 0 saturated heterocycles. The van der Waals surface area contributed by atoms with Gasteiger partial charge in [0.15, 0.2) is 0 Å². The number of hydrogen-bond donors (Lipinski definition) is 0. The first-order valence-corrected chi connectivity index (χ1v) is 11.5. The van der Waals surface area contributed by atoms with Crippen molar-refractivity contribution in [1.29, 1.82) is 0 Å². The quantitative estimate of drug-likeness (QED) is 0.294. The molecule has 0 N–H and O–H groups in total. The highest BCUT2D eigenvalue weighted by Gasteiger charge is 2.14. The SMILES string of the molecule is CCCCCCCCN(CCCCCCCC)C(=O)Cc1cccs1. The highest BCUT2D eigenvalue weighted by atomic mass is 32.1. The minimum Gasteiger partial charge on any atom is -0.342 e. The van der Waals surface area contributed by atoms with Gasteiger partial charge in [0.2, 0.25) is 5.91 Å². The molecule has 0 aliphatic heterocycles. The molecule has 0 spiro atoms. The van der Waals surface area contributed by atoms with Gasteiger partial charge in [-0.1, -0.05) is 84.1 Å². The summed E-state index contributed by atoms with van der Waals surface area (Å²) in [5, 5.41) is 2.06. The highest BCUT2D eigenvalue weighted by Crippen LogP contribution is 2.13. The van der Waals surface area contributed by atoms with Gasteiger partial charge in [-0.15, -0.1) is 11.3 Å². The van der Waals surface area contributed by atoms with Crippen molar-refractivity contribution in [3.63, 3.8) is 0 Å². The molecule has 1 amide bonds. The molecule has 1 rings (SSSR count). The Hall–Kier alpha value is -0.830. The Kier molecular flexibility index (Phi) is 13.7. The van der Waals surface area contributed by atoms with Gasteiger partial charge in [-0.3, -0.25) is 4.79 Å². The van der Waals surface area contributed by atoms with Crippen LogP contribution in [0.25, 0.3) is 0 Å². The second kappa shape index (κ2) is 15.4. The maximum atomic E-state index is 12.7. The van der Waals surface area contributed by atoms with Crippen LogP contribution in [-0.4, -0.2) is 23.9 Å². The van der Waals surface area contributed by atoms with Gasteiger partial charge in [-0.25, -0.2) is 0 Å². The molecule has 0 radical (unpaired) electrons. The van der Waals surface area contributed by atoms with E-state index in [0.717, 1.165) is 25.9 Å². The van der Waals surface area contributed by atoms with Gasteiger partial charge >= 0.3 is 0 Å². The number of amides is 1. The first-order chi connectivity index (χ1) is 12.3. The van der Waals surface area contributed by atoms with Crippen LogP contribution in [0.15, 0.2) is 17.5 Å². The summed E-state index contributed by atoms with van der Waals surface area (Å²) in [5.41, 5.74) is 0. The number of nitrogens with zero attached hydrogens (tertiary/aromatic N) is 1. The molecule has 0 unspecified atom stereocenters. The zero-order valence-corrected chi connectivity index (χ0v) is 17.4. The molecule has 0 aliphatic rings. The van der Waals surface area contributed by atoms with E-state index in [4.69, 9.17) is 0 Å². The van der Waals surface area contributed by atoms with Gasteiger partial charge in [-0.05, 0) is 24.3 Å². The second-order valence-corrected chi connectivity index (χ2v) is 8.20. The smallest absolute Gasteiger partial charge is 0.227 e. The molecule has 0 atom stereocenters. The van der Waals surface area contributed by atoms with E-state index in [2.05, 4.69) is 30.2 Å². The van der Waals surface area contributed by atoms with Crippen molar-refractivity contribution in [3.05, 3.63) is 22.4 Å². The summed E-state index contributed by atoms with van der Waals surface area (Å²) in [4.78, 5) is 16.0. The molecule has 1 aromatic heterocycles. The largest absolute Gasteiger partial charge is 0.342 e. The summed E-state index contributed by atoms with van der Waals surface area (Å²) in [5.74, 6) is 0.324. The van der Waals surface area contributed by atoms with E-state index in [1.54, 1.807) is 11.3 Å². The second-order valence-electron chi connectivity index (χ2n) is 7.17. The van der Waals surface area contributed by atoms with Crippen LogP contribution in [-0.2, 0) is 11.2 Å². The van der Waals surface area contributed by atoms with E-state index >= 15 is 0 Å². The third-order valence-electron chi connectivity index (χ3n) is 4.82. The first-order valence-electron chi connectivity index (χ1n) is 10.6. The minimum absolute atomic E-state index is 0.324. The van der Waals surface area contributed by atoms with Gasteiger partial charge in [0, 0.05) is 18.0 Å². The Morgan fingerprint density at radius 3 is 1.84 bits per heavy atom. The molecule has 0 aliphatic carbocycles. The van der Waals surface area contributed by atoms with E-state index in [0.29, 0.717) is 12.3 Å². The van der Waals surface area contributed by atoms with Gasteiger partial charge in [0.25, 0.3) is 0 Å². The normalized spacial score (nSPS) is 11.0. The molecule has 25 heavy (non-hydrogen) atoms. The van der Waals surface area contributed by atoms with Gasteiger partial charge < -0.3 is 4.90 Å². The molecule has 0 aromatic carbocycles. The molecule has 2 nitrogen and oxygen atoms in total. The number of hydrogen-bond acceptors (Lipinski definition) is 2. The van der Waals surface area contributed by atoms with Crippen LogP contribution in [0.5, 0.6) is 0 Å². The Morgan fingerprint density at radius 2 is 1.36 bits per heavy atom. The topological polar surface area (TPSA) is 20.3 Å². The molecular weight excluding hydrogens is 326 g/mol. The lowest BCUT2D eigenvalue weighted by Crippen LogP contribution is -2.34. The molecule has 3 heteroatoms. The van der Waals surface area contributed by atoms with Crippen molar-refractivity contribution >= 4 is 17.2 Å². The lowest BCUT2D eigenvalue weighted by atomic mass is 10.1. The lowest BCUT2D eigenvalue weighted by Gasteiger charge is -2.23. The van der Waals surface area contributed by atoms with E-state index in [1.165, 1.54) is 69.1 Å². The zero-order valence-electron chi connectivity index (χ0n) is 16.6. The molecule has 1 aromatic rings. The van der Waals surface area contributed by atoms with Crippen LogP contribution < -0.4 is 0 Å². The van der Waals surface area contributed by atoms with Gasteiger partial charge in [0.05, 0.1) is 6.42 Å². The predicted molar refractivity (Wildman–Crippen MR) is 111 cm³/mol. The summed E-state index contributed by atoms with van der Waals surface area (Å²) in [6.45, 7) is 6.41. The third-order valence-corrected chi connectivity index (χ3v) is 5.70. The Morgan fingerprint density at radius 1 is 0.840 bits per heavy atom. The Labute approximate surface area is 160 Å². The van der Waals surface area contributed by atoms with Crippen molar-refractivity contribution in [2.75, 3.05) is 13.1 Å². The highest BCUT2D eigenvalue weighted by molar-refractivity contribution is 7.10. The van der Waals surface area contributed by atoms with Crippen molar-refractivity contribution in [1.82, 2.24) is 4.90 Å². The fourth-order valence-electron chi connectivity index (χ4n) is 3.20. The van der Waals surface area contributed by atoms with Gasteiger partial charge in [0.1, 0.15) is 0 Å². The predicted octanol–water partition coefficient (Wildman–Crippen LogP) is 6.84. The summed E-state index contributed by atoms with van der Waals surface area (Å²) in [6, 6.07) is 4.12. The molecule has 0 saturated carbocycles. The molecular formula is C22H39NOS. The maximum Gasteiger partial charge on any atom is 0.227 e. The average Bonchev–Trinajstić information content (AvgIpc) is 3.12. The van der Waals surface area contributed by atoms with Crippen LogP contribution >= 0.6 is 11.3 Å². The van der Waals surface area contributed by atoms with Crippen molar-refractivity contribution in [3.8, 4) is 0 Å². The van der Waals surface area contributed by atoms with Crippen molar-refractivity contribution < 1.29 is 4.79 Å². The molecule has 0 fully saturated rings. The number of thiophene rings is 1. The zero-order chi connectivity index (χ0) is 18.2. The molecule has 0 bridgehead atoms. The number of unbranched alkanes of at least 4 members (excludes halogenated alkanes) is 10. The Bertz CT molecular complexity index is 400. The van der Waals surface area contributed by atoms with Crippen molar-refractivity contribution in [2.45, 2.75) is 97.3 Å². The van der Waals surface area contributed by atoms with Crippen LogP contribution in [0.3, 0.4) is 0 Å². The van der Waals surface area contributed by atoms with Crippen LogP contribution in [0.4, 0.5) is 0 Å². The molecule has 144 valence electrons. The van der Waals surface area contributed by atoms with Crippen LogP contribution in [0, 0.1) is 0 Å².